The predicted molar refractivity (Wildman–Crippen MR) is 109 cm³/mol. The maximum Gasteiger partial charge on any atom is 0.407 e. The number of hydrogen-bond acceptors (Lipinski definition) is 3. The lowest BCUT2D eigenvalue weighted by Gasteiger charge is -2.60. The Balaban J connectivity index is 1.53. The second kappa shape index (κ2) is 6.93. The lowest BCUT2D eigenvalue weighted by Crippen LogP contribution is -2.60. The maximum atomic E-state index is 12.2. The number of ether oxygens (including phenoxy) is 1. The highest BCUT2D eigenvalue weighted by Crippen LogP contribution is 2.63. The molecule has 0 unspecified atom stereocenters. The van der Waals surface area contributed by atoms with Crippen LogP contribution in [0.4, 0.5) is 4.79 Å². The molecule has 5 heteroatoms. The number of rotatable bonds is 3. The molecule has 0 aromatic carbocycles. The molecule has 4 rings (SSSR count). The van der Waals surface area contributed by atoms with Crippen LogP contribution < -0.4 is 5.32 Å². The summed E-state index contributed by atoms with van der Waals surface area (Å²) in [7, 11) is 1.96. The highest BCUT2D eigenvalue weighted by Gasteiger charge is 2.60. The van der Waals surface area contributed by atoms with Gasteiger partial charge in [0.2, 0.25) is 5.91 Å². The third-order valence-corrected chi connectivity index (χ3v) is 8.75. The summed E-state index contributed by atoms with van der Waals surface area (Å²) < 4.78 is 5.18. The van der Waals surface area contributed by atoms with Crippen LogP contribution in [-0.4, -0.2) is 42.6 Å². The fourth-order valence-corrected chi connectivity index (χ4v) is 7.29. The van der Waals surface area contributed by atoms with Crippen LogP contribution in [0.2, 0.25) is 0 Å². The summed E-state index contributed by atoms with van der Waals surface area (Å²) in [6.45, 7) is 8.60. The number of hydrogen-bond donors (Lipinski definition) is 1. The van der Waals surface area contributed by atoms with Gasteiger partial charge in [-0.3, -0.25) is 4.79 Å². The van der Waals surface area contributed by atoms with Crippen molar-refractivity contribution in [3.8, 4) is 0 Å². The fraction of sp³-hybridized carbons (Fsp3) is 0.739. The topological polar surface area (TPSA) is 58.6 Å². The van der Waals surface area contributed by atoms with Crippen molar-refractivity contribution in [1.29, 1.82) is 0 Å². The lowest BCUT2D eigenvalue weighted by molar-refractivity contribution is -0.138. The van der Waals surface area contributed by atoms with Crippen molar-refractivity contribution in [3.63, 3.8) is 0 Å². The van der Waals surface area contributed by atoms with Gasteiger partial charge >= 0.3 is 6.09 Å². The second-order valence-electron chi connectivity index (χ2n) is 9.82. The molecule has 0 spiro atoms. The molecule has 3 aliphatic carbocycles. The maximum absolute atomic E-state index is 12.2. The van der Waals surface area contributed by atoms with Crippen LogP contribution in [0.25, 0.3) is 0 Å². The van der Waals surface area contributed by atoms with Crippen LogP contribution >= 0.6 is 0 Å². The van der Waals surface area contributed by atoms with Gasteiger partial charge in [0, 0.05) is 24.5 Å². The van der Waals surface area contributed by atoms with E-state index in [1.807, 2.05) is 11.9 Å². The minimum atomic E-state index is -0.320. The molecule has 4 aliphatic rings. The van der Waals surface area contributed by atoms with Crippen molar-refractivity contribution in [2.75, 3.05) is 13.7 Å². The highest BCUT2D eigenvalue weighted by atomic mass is 16.5. The normalized spacial score (nSPS) is 44.3. The minimum absolute atomic E-state index is 0.0707. The molecule has 1 N–H and O–H groups in total. The first-order valence-corrected chi connectivity index (χ1v) is 10.8. The largest absolute Gasteiger partial charge is 0.445 e. The third-order valence-electron chi connectivity index (χ3n) is 8.75. The van der Waals surface area contributed by atoms with Gasteiger partial charge in [0.1, 0.15) is 6.61 Å². The van der Waals surface area contributed by atoms with E-state index >= 15 is 0 Å². The van der Waals surface area contributed by atoms with E-state index < -0.39 is 0 Å². The van der Waals surface area contributed by atoms with E-state index in [2.05, 4.69) is 31.8 Å². The Labute approximate surface area is 168 Å². The Morgan fingerprint density at radius 2 is 2.07 bits per heavy atom. The average molecular weight is 387 g/mol. The second-order valence-corrected chi connectivity index (χ2v) is 9.82. The molecule has 0 saturated heterocycles. The number of alkyl carbamates (subject to hydrolysis) is 1. The van der Waals surface area contributed by atoms with Gasteiger partial charge < -0.3 is 15.0 Å². The Bertz CT molecular complexity index is 704. The van der Waals surface area contributed by atoms with Gasteiger partial charge in [0.15, 0.2) is 0 Å². The molecule has 3 saturated carbocycles. The molecule has 28 heavy (non-hydrogen) atoms. The van der Waals surface area contributed by atoms with E-state index in [1.165, 1.54) is 12.8 Å². The Hall–Kier alpha value is -1.78. The SMILES string of the molecule is C=CCOC(=O)N[C@H]1CC[C@H]2[C@@H]3CC[C@H]4N(C)C(=O)C=C[C@]4(C)[C@H]3CC[C@]12C. The quantitative estimate of drug-likeness (QED) is 0.748. The van der Waals surface area contributed by atoms with Crippen LogP contribution in [0.1, 0.15) is 52.4 Å². The summed E-state index contributed by atoms with van der Waals surface area (Å²) in [5.41, 5.74) is 0.207. The molecule has 0 bridgehead atoms. The van der Waals surface area contributed by atoms with Crippen LogP contribution in [0, 0.1) is 28.6 Å². The number of amides is 2. The fourth-order valence-electron chi connectivity index (χ4n) is 7.29. The average Bonchev–Trinajstić information content (AvgIpc) is 3.00. The Morgan fingerprint density at radius 3 is 2.82 bits per heavy atom. The molecule has 0 aromatic heterocycles. The molecule has 5 nitrogen and oxygen atoms in total. The first-order valence-electron chi connectivity index (χ1n) is 10.8. The van der Waals surface area contributed by atoms with Crippen molar-refractivity contribution >= 4 is 12.0 Å². The molecule has 1 aliphatic heterocycles. The number of fused-ring (bicyclic) bond motifs is 5. The monoisotopic (exact) mass is 386 g/mol. The number of nitrogens with one attached hydrogen (secondary N) is 1. The molecular weight excluding hydrogens is 352 g/mol. The molecule has 0 aromatic rings. The van der Waals surface area contributed by atoms with Crippen molar-refractivity contribution in [2.24, 2.45) is 28.6 Å². The molecule has 0 radical (unpaired) electrons. The van der Waals surface area contributed by atoms with E-state index in [9.17, 15) is 9.59 Å². The first kappa shape index (κ1) is 19.5. The van der Waals surface area contributed by atoms with Crippen LogP contribution in [0.15, 0.2) is 24.8 Å². The van der Waals surface area contributed by atoms with Crippen molar-refractivity contribution in [2.45, 2.75) is 64.5 Å². The predicted octanol–water partition coefficient (Wildman–Crippen LogP) is 3.91. The summed E-state index contributed by atoms with van der Waals surface area (Å²) in [4.78, 5) is 26.3. The van der Waals surface area contributed by atoms with Crippen LogP contribution in [0.3, 0.4) is 0 Å². The zero-order valence-corrected chi connectivity index (χ0v) is 17.4. The van der Waals surface area contributed by atoms with Crippen molar-refractivity contribution < 1.29 is 14.3 Å². The standard InChI is InChI=1S/C23H34N2O3/c1-5-14-28-21(27)24-18-8-7-16-15-6-9-19-23(3,13-11-20(26)25(19)4)17(15)10-12-22(16,18)2/h5,11,13,15-19H,1,6-10,12,14H2,2-4H3,(H,24,27)/t15-,16-,17-,18-,19+,22-,23+/m0/s1. The third kappa shape index (κ3) is 2.81. The molecule has 154 valence electrons. The van der Waals surface area contributed by atoms with Gasteiger partial charge in [0.05, 0.1) is 0 Å². The summed E-state index contributed by atoms with van der Waals surface area (Å²) in [6, 6.07) is 0.507. The smallest absolute Gasteiger partial charge is 0.407 e. The van der Waals surface area contributed by atoms with Crippen molar-refractivity contribution in [3.05, 3.63) is 24.8 Å². The summed E-state index contributed by atoms with van der Waals surface area (Å²) >= 11 is 0. The van der Waals surface area contributed by atoms with Crippen LogP contribution in [0.5, 0.6) is 0 Å². The van der Waals surface area contributed by atoms with E-state index in [4.69, 9.17) is 4.74 Å². The zero-order chi connectivity index (χ0) is 20.1. The molecule has 3 fully saturated rings. The molecule has 7 atom stereocenters. The van der Waals surface area contributed by atoms with Crippen molar-refractivity contribution in [1.82, 2.24) is 10.2 Å². The van der Waals surface area contributed by atoms with Gasteiger partial charge in [-0.15, -0.1) is 0 Å². The number of carbonyl (C=O) groups excluding carboxylic acids is 2. The molecule has 1 heterocycles. The van der Waals surface area contributed by atoms with E-state index in [0.29, 0.717) is 23.8 Å². The summed E-state index contributed by atoms with van der Waals surface area (Å²) in [5, 5.41) is 3.15. The lowest BCUT2D eigenvalue weighted by atomic mass is 9.48. The summed E-state index contributed by atoms with van der Waals surface area (Å²) in [5.74, 6) is 2.06. The minimum Gasteiger partial charge on any atom is -0.445 e. The van der Waals surface area contributed by atoms with Gasteiger partial charge in [-0.05, 0) is 67.8 Å². The van der Waals surface area contributed by atoms with E-state index in [-0.39, 0.29) is 35.5 Å². The first-order chi connectivity index (χ1) is 13.3. The van der Waals surface area contributed by atoms with E-state index in [1.54, 1.807) is 12.2 Å². The summed E-state index contributed by atoms with van der Waals surface area (Å²) in [6.07, 6.45) is 12.0. The number of nitrogens with zero attached hydrogens (tertiary/aromatic N) is 1. The molecular formula is C23H34N2O3. The Morgan fingerprint density at radius 1 is 1.29 bits per heavy atom. The Kier molecular flexibility index (Phi) is 4.83. The van der Waals surface area contributed by atoms with Gasteiger partial charge in [-0.25, -0.2) is 4.79 Å². The van der Waals surface area contributed by atoms with Gasteiger partial charge in [-0.2, -0.15) is 0 Å². The van der Waals surface area contributed by atoms with Gasteiger partial charge in [0.25, 0.3) is 0 Å². The van der Waals surface area contributed by atoms with Gasteiger partial charge in [-0.1, -0.05) is 32.6 Å². The van der Waals surface area contributed by atoms with E-state index in [0.717, 1.165) is 25.7 Å². The number of likely N-dealkylation sites (N-methyl/N-ethyl adjacent to an activating group) is 1. The zero-order valence-electron chi connectivity index (χ0n) is 17.4. The van der Waals surface area contributed by atoms with Crippen LogP contribution in [-0.2, 0) is 9.53 Å². The number of carbonyl (C=O) groups is 2. The highest BCUT2D eigenvalue weighted by molar-refractivity contribution is 5.89. The molecule has 2 amide bonds.